The topological polar surface area (TPSA) is 53.9 Å². The molecule has 3 aromatic carbocycles. The Hall–Kier alpha value is -3.60. The third-order valence-corrected chi connectivity index (χ3v) is 7.44. The van der Waals surface area contributed by atoms with Crippen molar-refractivity contribution in [2.75, 3.05) is 24.4 Å². The molecule has 1 aliphatic carbocycles. The highest BCUT2D eigenvalue weighted by molar-refractivity contribution is 6.10. The summed E-state index contributed by atoms with van der Waals surface area (Å²) in [6, 6.07) is 25.0. The van der Waals surface area contributed by atoms with Gasteiger partial charge in [0.25, 0.3) is 0 Å². The number of ether oxygens (including phenoxy) is 1. The number of aliphatic imine (C=N–C) groups is 1. The number of nitrogens with zero attached hydrogens (tertiary/aromatic N) is 2. The van der Waals surface area contributed by atoms with E-state index in [4.69, 9.17) is 9.73 Å². The molecule has 3 atom stereocenters. The molecular formula is C30H33N3O2. The van der Waals surface area contributed by atoms with Gasteiger partial charge in [-0.05, 0) is 73.7 Å². The molecule has 3 aromatic rings. The van der Waals surface area contributed by atoms with Gasteiger partial charge >= 0.3 is 0 Å². The largest absolute Gasteiger partial charge is 0.497 e. The maximum atomic E-state index is 13.7. The van der Waals surface area contributed by atoms with E-state index in [2.05, 4.69) is 73.6 Å². The number of benzene rings is 3. The summed E-state index contributed by atoms with van der Waals surface area (Å²) in [5.74, 6) is 0.900. The molecule has 2 aliphatic rings. The number of nitrogens with one attached hydrogen (secondary N) is 1. The molecule has 5 nitrogen and oxygen atoms in total. The SMILES string of the molecule is COc1ccc(C2CC(=O)C3C(=Nc4ccccc4NC3c3ccc(N(C)C(C)C)cc3)C2)cc1. The average molecular weight is 468 g/mol. The van der Waals surface area contributed by atoms with E-state index in [1.807, 2.05) is 30.3 Å². The predicted molar refractivity (Wildman–Crippen MR) is 143 cm³/mol. The molecule has 0 bridgehead atoms. The zero-order valence-electron chi connectivity index (χ0n) is 20.9. The Morgan fingerprint density at radius 3 is 2.31 bits per heavy atom. The van der Waals surface area contributed by atoms with Gasteiger partial charge in [0, 0.05) is 30.9 Å². The summed E-state index contributed by atoms with van der Waals surface area (Å²) in [5.41, 5.74) is 6.26. The molecule has 1 heterocycles. The van der Waals surface area contributed by atoms with E-state index in [0.29, 0.717) is 12.5 Å². The van der Waals surface area contributed by atoms with Crippen molar-refractivity contribution in [3.05, 3.63) is 83.9 Å². The normalized spacial score (nSPS) is 21.3. The van der Waals surface area contributed by atoms with Crippen LogP contribution in [0, 0.1) is 5.92 Å². The molecule has 5 heteroatoms. The van der Waals surface area contributed by atoms with Gasteiger partial charge in [0.1, 0.15) is 11.5 Å². The molecule has 180 valence electrons. The number of methoxy groups -OCH3 is 1. The highest BCUT2D eigenvalue weighted by Gasteiger charge is 2.41. The van der Waals surface area contributed by atoms with Gasteiger partial charge in [-0.15, -0.1) is 0 Å². The van der Waals surface area contributed by atoms with E-state index in [1.54, 1.807) is 7.11 Å². The molecule has 1 N–H and O–H groups in total. The predicted octanol–water partition coefficient (Wildman–Crippen LogP) is 6.54. The fraction of sp³-hybridized carbons (Fsp3) is 0.333. The molecule has 0 aromatic heterocycles. The van der Waals surface area contributed by atoms with Crippen LogP contribution in [0.5, 0.6) is 5.75 Å². The Labute approximate surface area is 207 Å². The van der Waals surface area contributed by atoms with Crippen molar-refractivity contribution < 1.29 is 9.53 Å². The first-order valence-corrected chi connectivity index (χ1v) is 12.4. The summed E-state index contributed by atoms with van der Waals surface area (Å²) in [7, 11) is 3.77. The van der Waals surface area contributed by atoms with Crippen LogP contribution in [0.3, 0.4) is 0 Å². The fourth-order valence-corrected chi connectivity index (χ4v) is 5.20. The van der Waals surface area contributed by atoms with Gasteiger partial charge in [0.15, 0.2) is 0 Å². The summed E-state index contributed by atoms with van der Waals surface area (Å²) in [6.45, 7) is 4.36. The van der Waals surface area contributed by atoms with Gasteiger partial charge in [-0.1, -0.05) is 36.4 Å². The number of hydrogen-bond acceptors (Lipinski definition) is 5. The van der Waals surface area contributed by atoms with Crippen LogP contribution in [-0.2, 0) is 4.79 Å². The van der Waals surface area contributed by atoms with Crippen LogP contribution in [0.25, 0.3) is 0 Å². The van der Waals surface area contributed by atoms with Crippen molar-refractivity contribution in [1.29, 1.82) is 0 Å². The second-order valence-electron chi connectivity index (χ2n) is 9.86. The lowest BCUT2D eigenvalue weighted by Gasteiger charge is -2.34. The number of carbonyl (C=O) groups excluding carboxylic acids is 1. The summed E-state index contributed by atoms with van der Waals surface area (Å²) in [6.07, 6.45) is 1.28. The van der Waals surface area contributed by atoms with E-state index in [0.717, 1.165) is 40.4 Å². The van der Waals surface area contributed by atoms with Crippen molar-refractivity contribution in [2.24, 2.45) is 10.9 Å². The maximum Gasteiger partial charge on any atom is 0.144 e. The van der Waals surface area contributed by atoms with Crippen molar-refractivity contribution in [3.63, 3.8) is 0 Å². The van der Waals surface area contributed by atoms with E-state index >= 15 is 0 Å². The summed E-state index contributed by atoms with van der Waals surface area (Å²) in [4.78, 5) is 21.0. The minimum absolute atomic E-state index is 0.122. The molecule has 1 saturated carbocycles. The van der Waals surface area contributed by atoms with E-state index in [9.17, 15) is 4.79 Å². The molecule has 3 unspecified atom stereocenters. The third-order valence-electron chi connectivity index (χ3n) is 7.44. The van der Waals surface area contributed by atoms with Crippen LogP contribution in [0.1, 0.15) is 49.8 Å². The molecule has 0 radical (unpaired) electrons. The zero-order chi connectivity index (χ0) is 24.5. The lowest BCUT2D eigenvalue weighted by atomic mass is 9.72. The molecule has 0 amide bonds. The van der Waals surface area contributed by atoms with Crippen molar-refractivity contribution >= 4 is 28.6 Å². The fourth-order valence-electron chi connectivity index (χ4n) is 5.20. The van der Waals surface area contributed by atoms with Gasteiger partial charge in [0.2, 0.25) is 0 Å². The zero-order valence-corrected chi connectivity index (χ0v) is 20.9. The van der Waals surface area contributed by atoms with Crippen LogP contribution >= 0.6 is 0 Å². The van der Waals surface area contributed by atoms with Gasteiger partial charge in [-0.2, -0.15) is 0 Å². The standard InChI is InChI=1S/C30H33N3O2/c1-19(2)33(3)23-13-9-21(10-14-23)30-29-27(31-25-7-5-6-8-26(25)32-30)17-22(18-28(29)34)20-11-15-24(35-4)16-12-20/h5-16,19,22,29-30,32H,17-18H2,1-4H3. The lowest BCUT2D eigenvalue weighted by Crippen LogP contribution is -2.38. The van der Waals surface area contributed by atoms with Gasteiger partial charge in [0.05, 0.1) is 30.4 Å². The Kier molecular flexibility index (Phi) is 6.33. The van der Waals surface area contributed by atoms with Crippen LogP contribution < -0.4 is 15.0 Å². The Balaban J connectivity index is 1.51. The second kappa shape index (κ2) is 9.57. The van der Waals surface area contributed by atoms with E-state index in [-0.39, 0.29) is 23.7 Å². The molecule has 1 fully saturated rings. The monoisotopic (exact) mass is 467 g/mol. The van der Waals surface area contributed by atoms with Crippen LogP contribution in [0.2, 0.25) is 0 Å². The molecule has 5 rings (SSSR count). The number of fused-ring (bicyclic) bond motifs is 2. The molecular weight excluding hydrogens is 434 g/mol. The van der Waals surface area contributed by atoms with E-state index < -0.39 is 0 Å². The van der Waals surface area contributed by atoms with Crippen LogP contribution in [-0.4, -0.2) is 31.7 Å². The highest BCUT2D eigenvalue weighted by atomic mass is 16.5. The number of hydrogen-bond donors (Lipinski definition) is 1. The third kappa shape index (κ3) is 4.55. The maximum absolute atomic E-state index is 13.7. The van der Waals surface area contributed by atoms with Crippen LogP contribution in [0.4, 0.5) is 17.1 Å². The first kappa shape index (κ1) is 23.2. The Bertz CT molecular complexity index is 1230. The first-order chi connectivity index (χ1) is 16.9. The van der Waals surface area contributed by atoms with Gasteiger partial charge < -0.3 is 15.0 Å². The van der Waals surface area contributed by atoms with Crippen molar-refractivity contribution in [1.82, 2.24) is 0 Å². The number of Topliss-reactive ketones (excluding diaryl/α,β-unsaturated/α-hetero) is 1. The Morgan fingerprint density at radius 2 is 1.63 bits per heavy atom. The lowest BCUT2D eigenvalue weighted by molar-refractivity contribution is -0.122. The van der Waals surface area contributed by atoms with Gasteiger partial charge in [-0.3, -0.25) is 9.79 Å². The number of rotatable bonds is 5. The second-order valence-corrected chi connectivity index (χ2v) is 9.86. The van der Waals surface area contributed by atoms with E-state index in [1.165, 1.54) is 5.69 Å². The average Bonchev–Trinajstić information content (AvgIpc) is 3.05. The summed E-state index contributed by atoms with van der Waals surface area (Å²) < 4.78 is 5.32. The summed E-state index contributed by atoms with van der Waals surface area (Å²) in [5, 5.41) is 3.68. The summed E-state index contributed by atoms with van der Waals surface area (Å²) >= 11 is 0. The van der Waals surface area contributed by atoms with Crippen molar-refractivity contribution in [2.45, 2.75) is 44.7 Å². The quantitative estimate of drug-likeness (QED) is 0.463. The van der Waals surface area contributed by atoms with Gasteiger partial charge in [-0.25, -0.2) is 0 Å². The minimum atomic E-state index is -0.287. The van der Waals surface area contributed by atoms with Crippen LogP contribution in [0.15, 0.2) is 77.8 Å². The number of para-hydroxylation sites is 2. The first-order valence-electron chi connectivity index (χ1n) is 12.4. The Morgan fingerprint density at radius 1 is 0.943 bits per heavy atom. The highest BCUT2D eigenvalue weighted by Crippen LogP contribution is 2.44. The molecule has 35 heavy (non-hydrogen) atoms. The minimum Gasteiger partial charge on any atom is -0.497 e. The van der Waals surface area contributed by atoms with Crippen molar-refractivity contribution in [3.8, 4) is 5.75 Å². The smallest absolute Gasteiger partial charge is 0.144 e. The number of ketones is 1. The molecule has 1 aliphatic heterocycles. The molecule has 0 spiro atoms. The number of anilines is 2. The number of carbonyl (C=O) groups is 1. The molecule has 0 saturated heterocycles.